The van der Waals surface area contributed by atoms with Gasteiger partial charge in [-0.15, -0.1) is 0 Å². The summed E-state index contributed by atoms with van der Waals surface area (Å²) >= 11 is 0. The van der Waals surface area contributed by atoms with E-state index in [0.29, 0.717) is 6.04 Å². The van der Waals surface area contributed by atoms with Gasteiger partial charge >= 0.3 is 0 Å². The fourth-order valence-corrected chi connectivity index (χ4v) is 1.73. The van der Waals surface area contributed by atoms with Gasteiger partial charge in [0.2, 0.25) is 0 Å². The zero-order valence-electron chi connectivity index (χ0n) is 8.66. The van der Waals surface area contributed by atoms with Crippen molar-refractivity contribution >= 4 is 0 Å². The third-order valence-electron chi connectivity index (χ3n) is 2.70. The lowest BCUT2D eigenvalue weighted by Crippen LogP contribution is -2.28. The summed E-state index contributed by atoms with van der Waals surface area (Å²) in [4.78, 5) is 4.08. The predicted octanol–water partition coefficient (Wildman–Crippen LogP) is 1.13. The maximum absolute atomic E-state index is 4.08. The molecule has 1 fully saturated rings. The van der Waals surface area contributed by atoms with Crippen LogP contribution in [0.2, 0.25) is 0 Å². The minimum atomic E-state index is 0.644. The average Bonchev–Trinajstić information content (AvgIpc) is 2.82. The molecule has 2 rings (SSSR count). The molecule has 0 bridgehead atoms. The van der Waals surface area contributed by atoms with Gasteiger partial charge in [-0.05, 0) is 19.3 Å². The number of hydrogen-bond donors (Lipinski definition) is 2. The lowest BCUT2D eigenvalue weighted by Gasteiger charge is -2.11. The fraction of sp³-hybridized carbons (Fsp3) is 0.800. The number of nitrogens with one attached hydrogen (secondary N) is 2. The van der Waals surface area contributed by atoms with E-state index >= 15 is 0 Å². The van der Waals surface area contributed by atoms with Crippen molar-refractivity contribution in [2.75, 3.05) is 6.54 Å². The molecule has 1 heterocycles. The third-order valence-corrected chi connectivity index (χ3v) is 2.70. The first-order valence-corrected chi connectivity index (χ1v) is 5.42. The second-order valence-electron chi connectivity index (χ2n) is 4.22. The lowest BCUT2D eigenvalue weighted by molar-refractivity contribution is 0.488. The summed E-state index contributed by atoms with van der Waals surface area (Å²) in [5.74, 6) is 1.97. The Bertz CT molecular complexity index is 253. The van der Waals surface area contributed by atoms with Crippen LogP contribution >= 0.6 is 0 Å². The molecule has 4 heteroatoms. The van der Waals surface area contributed by atoms with Crippen LogP contribution < -0.4 is 5.32 Å². The zero-order valence-corrected chi connectivity index (χ0v) is 8.66. The summed E-state index contributed by atoms with van der Waals surface area (Å²) in [6.07, 6.45) is 6.70. The van der Waals surface area contributed by atoms with Crippen molar-refractivity contribution in [1.82, 2.24) is 20.5 Å². The quantitative estimate of drug-likeness (QED) is 0.713. The van der Waals surface area contributed by atoms with E-state index < -0.39 is 0 Å². The van der Waals surface area contributed by atoms with Gasteiger partial charge in [0, 0.05) is 19.0 Å². The predicted molar refractivity (Wildman–Crippen MR) is 54.9 cm³/mol. The Morgan fingerprint density at radius 2 is 2.50 bits per heavy atom. The molecule has 4 nitrogen and oxygen atoms in total. The van der Waals surface area contributed by atoms with Crippen molar-refractivity contribution in [3.63, 3.8) is 0 Å². The summed E-state index contributed by atoms with van der Waals surface area (Å²) in [6.45, 7) is 3.25. The van der Waals surface area contributed by atoms with Crippen molar-refractivity contribution in [3.8, 4) is 0 Å². The lowest BCUT2D eigenvalue weighted by atomic mass is 10.1. The molecule has 0 aliphatic heterocycles. The molecule has 2 N–H and O–H groups in total. The maximum Gasteiger partial charge on any atom is 0.137 e. The Hall–Kier alpha value is -0.900. The molecule has 1 aliphatic rings. The van der Waals surface area contributed by atoms with Gasteiger partial charge in [-0.25, -0.2) is 4.98 Å². The highest BCUT2D eigenvalue weighted by Crippen LogP contribution is 2.33. The van der Waals surface area contributed by atoms with E-state index in [9.17, 15) is 0 Å². The first kappa shape index (κ1) is 9.65. The van der Waals surface area contributed by atoms with Gasteiger partial charge < -0.3 is 5.32 Å². The molecular weight excluding hydrogens is 176 g/mol. The van der Waals surface area contributed by atoms with Crippen molar-refractivity contribution in [1.29, 1.82) is 0 Å². The Labute approximate surface area is 84.5 Å². The van der Waals surface area contributed by atoms with E-state index in [1.54, 1.807) is 6.33 Å². The number of hydrogen-bond acceptors (Lipinski definition) is 3. The van der Waals surface area contributed by atoms with E-state index in [1.807, 2.05) is 0 Å². The van der Waals surface area contributed by atoms with Gasteiger partial charge in [0.15, 0.2) is 0 Å². The fourth-order valence-electron chi connectivity index (χ4n) is 1.73. The average molecular weight is 194 g/mol. The summed E-state index contributed by atoms with van der Waals surface area (Å²) in [6, 6.07) is 0.644. The van der Waals surface area contributed by atoms with Gasteiger partial charge in [0.05, 0.1) is 0 Å². The zero-order chi connectivity index (χ0) is 9.80. The van der Waals surface area contributed by atoms with Gasteiger partial charge in [-0.2, -0.15) is 5.10 Å². The molecule has 1 aromatic rings. The van der Waals surface area contributed by atoms with Crippen LogP contribution in [0.1, 0.15) is 32.0 Å². The van der Waals surface area contributed by atoms with Crippen molar-refractivity contribution in [3.05, 3.63) is 12.2 Å². The molecule has 78 valence electrons. The number of aromatic nitrogens is 3. The summed E-state index contributed by atoms with van der Waals surface area (Å²) in [7, 11) is 0. The van der Waals surface area contributed by atoms with Crippen molar-refractivity contribution in [2.24, 2.45) is 5.92 Å². The molecule has 0 radical (unpaired) electrons. The highest BCUT2D eigenvalue weighted by molar-refractivity contribution is 4.82. The van der Waals surface area contributed by atoms with Crippen LogP contribution in [0, 0.1) is 5.92 Å². The Kier molecular flexibility index (Phi) is 3.14. The van der Waals surface area contributed by atoms with E-state index in [0.717, 1.165) is 24.7 Å². The normalized spacial score (nSPS) is 18.4. The molecule has 0 aromatic carbocycles. The van der Waals surface area contributed by atoms with Crippen LogP contribution in [0.25, 0.3) is 0 Å². The Morgan fingerprint density at radius 3 is 3.14 bits per heavy atom. The van der Waals surface area contributed by atoms with Gasteiger partial charge in [0.25, 0.3) is 0 Å². The Morgan fingerprint density at radius 1 is 1.64 bits per heavy atom. The summed E-state index contributed by atoms with van der Waals surface area (Å²) < 4.78 is 0. The first-order valence-electron chi connectivity index (χ1n) is 5.42. The van der Waals surface area contributed by atoms with E-state index in [1.165, 1.54) is 19.3 Å². The Balaban J connectivity index is 1.57. The number of nitrogens with zero attached hydrogens (tertiary/aromatic N) is 2. The van der Waals surface area contributed by atoms with Crippen LogP contribution in [0.3, 0.4) is 0 Å². The van der Waals surface area contributed by atoms with Crippen LogP contribution in [0.4, 0.5) is 0 Å². The number of aromatic amines is 1. The minimum absolute atomic E-state index is 0.644. The summed E-state index contributed by atoms with van der Waals surface area (Å²) in [5.41, 5.74) is 0. The van der Waals surface area contributed by atoms with Crippen molar-refractivity contribution in [2.45, 2.75) is 38.6 Å². The second kappa shape index (κ2) is 4.55. The van der Waals surface area contributed by atoms with Gasteiger partial charge in [-0.3, -0.25) is 5.10 Å². The third kappa shape index (κ3) is 3.10. The molecule has 14 heavy (non-hydrogen) atoms. The number of rotatable bonds is 6. The standard InChI is InChI=1S/C10H18N4/c1-8(6-9-2-3-9)11-5-4-10-12-7-13-14-10/h7-9,11H,2-6H2,1H3,(H,12,13,14). The maximum atomic E-state index is 4.08. The smallest absolute Gasteiger partial charge is 0.137 e. The molecule has 0 spiro atoms. The van der Waals surface area contributed by atoms with Crippen LogP contribution in [0.15, 0.2) is 6.33 Å². The van der Waals surface area contributed by atoms with Gasteiger partial charge in [-0.1, -0.05) is 12.8 Å². The molecule has 0 saturated heterocycles. The molecule has 0 amide bonds. The molecule has 1 unspecified atom stereocenters. The number of H-pyrrole nitrogens is 1. The van der Waals surface area contributed by atoms with E-state index in [2.05, 4.69) is 27.4 Å². The second-order valence-corrected chi connectivity index (χ2v) is 4.22. The minimum Gasteiger partial charge on any atom is -0.314 e. The molecule has 1 aliphatic carbocycles. The van der Waals surface area contributed by atoms with E-state index in [-0.39, 0.29) is 0 Å². The monoisotopic (exact) mass is 194 g/mol. The SMILES string of the molecule is CC(CC1CC1)NCCc1ncn[nH]1. The largest absolute Gasteiger partial charge is 0.314 e. The molecular formula is C10H18N4. The highest BCUT2D eigenvalue weighted by Gasteiger charge is 2.23. The van der Waals surface area contributed by atoms with Gasteiger partial charge in [0.1, 0.15) is 12.2 Å². The molecule has 1 aromatic heterocycles. The highest BCUT2D eigenvalue weighted by atomic mass is 15.2. The molecule has 1 atom stereocenters. The van der Waals surface area contributed by atoms with Crippen LogP contribution in [-0.2, 0) is 6.42 Å². The topological polar surface area (TPSA) is 53.6 Å². The van der Waals surface area contributed by atoms with Crippen LogP contribution in [-0.4, -0.2) is 27.8 Å². The van der Waals surface area contributed by atoms with Crippen molar-refractivity contribution < 1.29 is 0 Å². The first-order chi connectivity index (χ1) is 6.84. The van der Waals surface area contributed by atoms with E-state index in [4.69, 9.17) is 0 Å². The molecule has 1 saturated carbocycles. The van der Waals surface area contributed by atoms with Crippen LogP contribution in [0.5, 0.6) is 0 Å². The summed E-state index contributed by atoms with van der Waals surface area (Å²) in [5, 5.41) is 10.2.